The van der Waals surface area contributed by atoms with Crippen molar-refractivity contribution in [3.63, 3.8) is 0 Å². The second-order valence-corrected chi connectivity index (χ2v) is 11.2. The molecule has 5 aromatic rings. The van der Waals surface area contributed by atoms with Crippen molar-refractivity contribution in [2.24, 2.45) is 0 Å². The van der Waals surface area contributed by atoms with Gasteiger partial charge in [0.15, 0.2) is 0 Å². The fourth-order valence-corrected chi connectivity index (χ4v) is 4.69. The van der Waals surface area contributed by atoms with E-state index in [1.54, 1.807) is 0 Å². The van der Waals surface area contributed by atoms with Gasteiger partial charge in [-0.25, -0.2) is 0 Å². The van der Waals surface area contributed by atoms with Crippen molar-refractivity contribution >= 4 is 21.8 Å². The van der Waals surface area contributed by atoms with Gasteiger partial charge in [-0.15, -0.1) is 0 Å². The minimum absolute atomic E-state index is 0.105. The van der Waals surface area contributed by atoms with Gasteiger partial charge in [0.2, 0.25) is 0 Å². The third-order valence-corrected chi connectivity index (χ3v) is 6.71. The van der Waals surface area contributed by atoms with Crippen LogP contribution in [0.15, 0.2) is 91.0 Å². The lowest BCUT2D eigenvalue weighted by molar-refractivity contribution is 0.590. The van der Waals surface area contributed by atoms with E-state index >= 15 is 0 Å². The summed E-state index contributed by atoms with van der Waals surface area (Å²) in [5.41, 5.74) is 9.20. The number of hydrogen-bond donors (Lipinski definition) is 0. The van der Waals surface area contributed by atoms with Crippen LogP contribution >= 0.6 is 0 Å². The molecule has 1 nitrogen and oxygen atoms in total. The number of fused-ring (bicyclic) bond motifs is 3. The van der Waals surface area contributed by atoms with E-state index in [-0.39, 0.29) is 10.8 Å². The van der Waals surface area contributed by atoms with Gasteiger partial charge in [-0.05, 0) is 69.5 Å². The van der Waals surface area contributed by atoms with Crippen molar-refractivity contribution in [2.45, 2.75) is 52.4 Å². The Morgan fingerprint density at radius 3 is 1.73 bits per heavy atom. The highest BCUT2D eigenvalue weighted by molar-refractivity contribution is 6.10. The largest absolute Gasteiger partial charge is 0.309 e. The molecule has 0 saturated carbocycles. The number of aromatic nitrogens is 1. The van der Waals surface area contributed by atoms with E-state index in [4.69, 9.17) is 0 Å². The van der Waals surface area contributed by atoms with Crippen LogP contribution in [0.2, 0.25) is 0 Å². The summed E-state index contributed by atoms with van der Waals surface area (Å²) in [7, 11) is 0. The Balaban J connectivity index is 1.80. The van der Waals surface area contributed by atoms with Crippen LogP contribution < -0.4 is 0 Å². The molecular weight excluding hydrogens is 398 g/mol. The Hall–Kier alpha value is -3.32. The maximum absolute atomic E-state index is 2.40. The molecule has 0 radical (unpaired) electrons. The van der Waals surface area contributed by atoms with Crippen LogP contribution in [-0.4, -0.2) is 4.57 Å². The van der Waals surface area contributed by atoms with Crippen molar-refractivity contribution in [1.82, 2.24) is 4.57 Å². The number of para-hydroxylation sites is 1. The minimum Gasteiger partial charge on any atom is -0.309 e. The summed E-state index contributed by atoms with van der Waals surface area (Å²) < 4.78 is 2.40. The Labute approximate surface area is 197 Å². The molecule has 0 fully saturated rings. The Morgan fingerprint density at radius 1 is 0.485 bits per heavy atom. The molecule has 1 heteroatoms. The molecule has 0 aliphatic heterocycles. The monoisotopic (exact) mass is 431 g/mol. The van der Waals surface area contributed by atoms with E-state index in [2.05, 4.69) is 137 Å². The average Bonchev–Trinajstić information content (AvgIpc) is 3.11. The van der Waals surface area contributed by atoms with Gasteiger partial charge in [-0.1, -0.05) is 96.1 Å². The normalized spacial score (nSPS) is 12.5. The third kappa shape index (κ3) is 3.86. The molecule has 5 rings (SSSR count). The van der Waals surface area contributed by atoms with E-state index < -0.39 is 0 Å². The molecular formula is C32H33N. The quantitative estimate of drug-likeness (QED) is 0.263. The summed E-state index contributed by atoms with van der Waals surface area (Å²) in [6.07, 6.45) is 0. The molecule has 4 aromatic carbocycles. The fourth-order valence-electron chi connectivity index (χ4n) is 4.69. The van der Waals surface area contributed by atoms with Crippen molar-refractivity contribution in [2.75, 3.05) is 0 Å². The predicted octanol–water partition coefficient (Wildman–Crippen LogP) is 9.05. The molecule has 0 saturated heterocycles. The summed E-state index contributed by atoms with van der Waals surface area (Å²) in [5.74, 6) is 0. The third-order valence-electron chi connectivity index (χ3n) is 6.71. The lowest BCUT2D eigenvalue weighted by Crippen LogP contribution is -2.10. The van der Waals surface area contributed by atoms with Gasteiger partial charge >= 0.3 is 0 Å². The lowest BCUT2D eigenvalue weighted by Gasteiger charge is -2.20. The smallest absolute Gasteiger partial charge is 0.0541 e. The first-order chi connectivity index (χ1) is 15.6. The maximum atomic E-state index is 2.40. The minimum atomic E-state index is 0.105. The van der Waals surface area contributed by atoms with E-state index in [0.717, 1.165) is 0 Å². The van der Waals surface area contributed by atoms with Crippen LogP contribution in [-0.2, 0) is 10.8 Å². The van der Waals surface area contributed by atoms with Crippen LogP contribution in [0, 0.1) is 0 Å². The Bertz CT molecular complexity index is 1450. The Kier molecular flexibility index (Phi) is 4.97. The number of nitrogens with zero attached hydrogens (tertiary/aromatic N) is 1. The molecule has 1 aromatic heterocycles. The summed E-state index contributed by atoms with van der Waals surface area (Å²) >= 11 is 0. The molecule has 0 unspecified atom stereocenters. The van der Waals surface area contributed by atoms with Crippen LogP contribution in [0.3, 0.4) is 0 Å². The zero-order chi connectivity index (χ0) is 23.4. The predicted molar refractivity (Wildman–Crippen MR) is 144 cm³/mol. The molecule has 0 N–H and O–H groups in total. The molecule has 0 aliphatic rings. The van der Waals surface area contributed by atoms with Gasteiger partial charge in [0.25, 0.3) is 0 Å². The van der Waals surface area contributed by atoms with E-state index in [9.17, 15) is 0 Å². The first kappa shape index (κ1) is 21.5. The molecule has 0 bridgehead atoms. The topological polar surface area (TPSA) is 4.93 Å². The average molecular weight is 432 g/mol. The van der Waals surface area contributed by atoms with Gasteiger partial charge in [-0.2, -0.15) is 0 Å². The van der Waals surface area contributed by atoms with Gasteiger partial charge in [0.05, 0.1) is 11.0 Å². The standard InChI is InChI=1S/C32H33N/c1-31(2,3)24-12-10-11-22(19-24)23-15-17-29-27(20-23)28-21-25(32(4,5)6)16-18-30(28)33(29)26-13-8-7-9-14-26/h7-21H,1-6H3. The van der Waals surface area contributed by atoms with E-state index in [0.29, 0.717) is 0 Å². The highest BCUT2D eigenvalue weighted by atomic mass is 15.0. The molecule has 166 valence electrons. The SMILES string of the molecule is CC(C)(C)c1cccc(-c2ccc3c(c2)c2cc(C(C)(C)C)ccc2n3-c2ccccc2)c1. The van der Waals surface area contributed by atoms with Gasteiger partial charge in [-0.3, -0.25) is 0 Å². The van der Waals surface area contributed by atoms with Crippen LogP contribution in [0.5, 0.6) is 0 Å². The Morgan fingerprint density at radius 2 is 1.06 bits per heavy atom. The molecule has 0 aliphatic carbocycles. The van der Waals surface area contributed by atoms with Crippen LogP contribution in [0.4, 0.5) is 0 Å². The molecule has 1 heterocycles. The highest BCUT2D eigenvalue weighted by Crippen LogP contribution is 2.37. The van der Waals surface area contributed by atoms with Gasteiger partial charge in [0.1, 0.15) is 0 Å². The number of benzene rings is 4. The summed E-state index contributed by atoms with van der Waals surface area (Å²) in [5, 5.41) is 2.62. The van der Waals surface area contributed by atoms with Crippen molar-refractivity contribution in [3.05, 3.63) is 102 Å². The van der Waals surface area contributed by atoms with Crippen molar-refractivity contribution in [1.29, 1.82) is 0 Å². The van der Waals surface area contributed by atoms with Crippen LogP contribution in [0.1, 0.15) is 52.7 Å². The van der Waals surface area contributed by atoms with E-state index in [1.165, 1.54) is 49.7 Å². The van der Waals surface area contributed by atoms with E-state index in [1.807, 2.05) is 0 Å². The fraction of sp³-hybridized carbons (Fsp3) is 0.250. The summed E-state index contributed by atoms with van der Waals surface area (Å²) in [6, 6.07) is 33.6. The summed E-state index contributed by atoms with van der Waals surface area (Å²) in [4.78, 5) is 0. The van der Waals surface area contributed by atoms with Crippen molar-refractivity contribution < 1.29 is 0 Å². The number of hydrogen-bond acceptors (Lipinski definition) is 0. The second kappa shape index (κ2) is 7.63. The second-order valence-electron chi connectivity index (χ2n) is 11.2. The number of rotatable bonds is 2. The lowest BCUT2D eigenvalue weighted by atomic mass is 9.85. The molecule has 33 heavy (non-hydrogen) atoms. The van der Waals surface area contributed by atoms with Gasteiger partial charge < -0.3 is 4.57 Å². The first-order valence-electron chi connectivity index (χ1n) is 11.9. The zero-order valence-electron chi connectivity index (χ0n) is 20.6. The van der Waals surface area contributed by atoms with Gasteiger partial charge in [0, 0.05) is 16.5 Å². The molecule has 0 amide bonds. The van der Waals surface area contributed by atoms with Crippen LogP contribution in [0.25, 0.3) is 38.6 Å². The zero-order valence-corrected chi connectivity index (χ0v) is 20.6. The molecule has 0 atom stereocenters. The highest BCUT2D eigenvalue weighted by Gasteiger charge is 2.19. The first-order valence-corrected chi connectivity index (χ1v) is 11.9. The molecule has 0 spiro atoms. The summed E-state index contributed by atoms with van der Waals surface area (Å²) in [6.45, 7) is 13.7. The maximum Gasteiger partial charge on any atom is 0.0541 e. The van der Waals surface area contributed by atoms with Crippen molar-refractivity contribution in [3.8, 4) is 16.8 Å².